The molecule has 0 radical (unpaired) electrons. The summed E-state index contributed by atoms with van der Waals surface area (Å²) in [4.78, 5) is 26.7. The lowest BCUT2D eigenvalue weighted by molar-refractivity contribution is -0.121. The van der Waals surface area contributed by atoms with Gasteiger partial charge in [-0.25, -0.2) is 0 Å². The minimum absolute atomic E-state index is 0.000439. The van der Waals surface area contributed by atoms with Crippen molar-refractivity contribution >= 4 is 11.7 Å². The van der Waals surface area contributed by atoms with Crippen molar-refractivity contribution in [1.82, 2.24) is 4.90 Å². The van der Waals surface area contributed by atoms with Gasteiger partial charge in [0.2, 0.25) is 0 Å². The first-order valence-corrected chi connectivity index (χ1v) is 10.9. The third kappa shape index (κ3) is 3.86. The number of rotatable bonds is 5. The summed E-state index contributed by atoms with van der Waals surface area (Å²) < 4.78 is 10.9. The molecule has 1 amide bonds. The SMILES string of the molecule is COc1cccc(C(c2ccccc2)C2CN(C(=O)c3ccc4c(c3)CC(=O)CO4)C2)c1. The van der Waals surface area contributed by atoms with E-state index >= 15 is 0 Å². The van der Waals surface area contributed by atoms with Crippen LogP contribution >= 0.6 is 0 Å². The molecule has 0 bridgehead atoms. The number of ether oxygens (including phenoxy) is 2. The second-order valence-electron chi connectivity index (χ2n) is 8.46. The average Bonchev–Trinajstić information content (AvgIpc) is 2.80. The van der Waals surface area contributed by atoms with Crippen molar-refractivity contribution in [2.24, 2.45) is 5.92 Å². The Morgan fingerprint density at radius 1 is 1.00 bits per heavy atom. The molecule has 0 N–H and O–H groups in total. The number of benzene rings is 3. The summed E-state index contributed by atoms with van der Waals surface area (Å²) in [5.41, 5.74) is 3.83. The number of Topliss-reactive ketones (excluding diaryl/α,β-unsaturated/α-hetero) is 1. The van der Waals surface area contributed by atoms with E-state index in [-0.39, 0.29) is 24.2 Å². The van der Waals surface area contributed by atoms with Crippen LogP contribution in [0, 0.1) is 5.92 Å². The molecule has 0 spiro atoms. The Balaban J connectivity index is 1.35. The van der Waals surface area contributed by atoms with E-state index in [9.17, 15) is 9.59 Å². The Morgan fingerprint density at radius 3 is 2.56 bits per heavy atom. The summed E-state index contributed by atoms with van der Waals surface area (Å²) in [7, 11) is 1.68. The highest BCUT2D eigenvalue weighted by Gasteiger charge is 2.38. The van der Waals surface area contributed by atoms with Gasteiger partial charge in [0.05, 0.1) is 7.11 Å². The van der Waals surface area contributed by atoms with Crippen LogP contribution in [0.3, 0.4) is 0 Å². The quantitative estimate of drug-likeness (QED) is 0.615. The van der Waals surface area contributed by atoms with Gasteiger partial charge in [-0.1, -0.05) is 42.5 Å². The summed E-state index contributed by atoms with van der Waals surface area (Å²) in [6.07, 6.45) is 0.324. The lowest BCUT2D eigenvalue weighted by atomic mass is 9.76. The highest BCUT2D eigenvalue weighted by atomic mass is 16.5. The molecule has 3 aromatic carbocycles. The van der Waals surface area contributed by atoms with E-state index < -0.39 is 0 Å². The van der Waals surface area contributed by atoms with Crippen molar-refractivity contribution in [3.8, 4) is 11.5 Å². The first-order chi connectivity index (χ1) is 15.6. The molecule has 5 nitrogen and oxygen atoms in total. The van der Waals surface area contributed by atoms with Crippen molar-refractivity contribution in [1.29, 1.82) is 0 Å². The zero-order valence-electron chi connectivity index (χ0n) is 18.0. The van der Waals surface area contributed by atoms with Gasteiger partial charge >= 0.3 is 0 Å². The molecule has 0 aliphatic carbocycles. The summed E-state index contributed by atoms with van der Waals surface area (Å²) >= 11 is 0. The molecule has 32 heavy (non-hydrogen) atoms. The van der Waals surface area contributed by atoms with Crippen LogP contribution in [0.2, 0.25) is 0 Å². The van der Waals surface area contributed by atoms with Crippen LogP contribution in [-0.4, -0.2) is 43.4 Å². The fraction of sp³-hybridized carbons (Fsp3) is 0.259. The van der Waals surface area contributed by atoms with E-state index in [1.165, 1.54) is 11.1 Å². The maximum absolute atomic E-state index is 13.1. The molecule has 1 saturated heterocycles. The maximum atomic E-state index is 13.1. The number of amides is 1. The number of nitrogens with zero attached hydrogens (tertiary/aromatic N) is 1. The van der Waals surface area contributed by atoms with Gasteiger partial charge in [-0.15, -0.1) is 0 Å². The molecular formula is C27H25NO4. The summed E-state index contributed by atoms with van der Waals surface area (Å²) in [6.45, 7) is 1.48. The highest BCUT2D eigenvalue weighted by molar-refractivity contribution is 5.96. The van der Waals surface area contributed by atoms with Crippen LogP contribution in [0.5, 0.6) is 11.5 Å². The van der Waals surface area contributed by atoms with Crippen molar-refractivity contribution < 1.29 is 19.1 Å². The largest absolute Gasteiger partial charge is 0.497 e. The number of carbonyl (C=O) groups excluding carboxylic acids is 2. The molecule has 2 aliphatic rings. The number of fused-ring (bicyclic) bond motifs is 1. The minimum Gasteiger partial charge on any atom is -0.497 e. The average molecular weight is 428 g/mol. The number of hydrogen-bond acceptors (Lipinski definition) is 4. The maximum Gasteiger partial charge on any atom is 0.253 e. The van der Waals surface area contributed by atoms with Gasteiger partial charge < -0.3 is 14.4 Å². The number of likely N-dealkylation sites (tertiary alicyclic amines) is 1. The lowest BCUT2D eigenvalue weighted by Gasteiger charge is -2.44. The van der Waals surface area contributed by atoms with Gasteiger partial charge in [0.15, 0.2) is 5.78 Å². The monoisotopic (exact) mass is 427 g/mol. The fourth-order valence-corrected chi connectivity index (χ4v) is 4.72. The van der Waals surface area contributed by atoms with E-state index in [0.29, 0.717) is 36.7 Å². The number of ketones is 1. The zero-order valence-corrected chi connectivity index (χ0v) is 18.0. The van der Waals surface area contributed by atoms with Crippen molar-refractivity contribution in [3.05, 3.63) is 95.1 Å². The van der Waals surface area contributed by atoms with E-state index in [0.717, 1.165) is 11.3 Å². The van der Waals surface area contributed by atoms with E-state index in [1.54, 1.807) is 25.3 Å². The minimum atomic E-state index is -0.000439. The topological polar surface area (TPSA) is 55.8 Å². The van der Waals surface area contributed by atoms with Crippen LogP contribution in [0.25, 0.3) is 0 Å². The molecule has 0 saturated carbocycles. The van der Waals surface area contributed by atoms with E-state index in [1.807, 2.05) is 23.1 Å². The Morgan fingerprint density at radius 2 is 1.78 bits per heavy atom. The fourth-order valence-electron chi connectivity index (χ4n) is 4.72. The molecule has 3 aromatic rings. The highest BCUT2D eigenvalue weighted by Crippen LogP contribution is 2.39. The predicted molar refractivity (Wildman–Crippen MR) is 121 cm³/mol. The Kier molecular flexibility index (Phi) is 5.39. The first kappa shape index (κ1) is 20.3. The third-order valence-electron chi connectivity index (χ3n) is 6.36. The number of methoxy groups -OCH3 is 1. The molecule has 5 rings (SSSR count). The number of hydrogen-bond donors (Lipinski definition) is 0. The van der Waals surface area contributed by atoms with Gasteiger partial charge in [-0.2, -0.15) is 0 Å². The Bertz CT molecular complexity index is 1150. The summed E-state index contributed by atoms with van der Waals surface area (Å²) in [5, 5.41) is 0. The molecule has 2 heterocycles. The lowest BCUT2D eigenvalue weighted by Crippen LogP contribution is -2.52. The molecule has 162 valence electrons. The second kappa shape index (κ2) is 8.50. The normalized spacial score (nSPS) is 16.5. The van der Waals surface area contributed by atoms with Gasteiger partial charge in [0, 0.05) is 42.5 Å². The standard InChI is InChI=1S/C27H25NO4/c1-31-24-9-5-8-19(14-24)26(18-6-3-2-4-7-18)22-15-28(16-22)27(30)20-10-11-25-21(12-20)13-23(29)17-32-25/h2-12,14,22,26H,13,15-17H2,1H3. The summed E-state index contributed by atoms with van der Waals surface area (Å²) in [5.74, 6) is 2.07. The van der Waals surface area contributed by atoms with Crippen LogP contribution in [0.1, 0.15) is 33.0 Å². The van der Waals surface area contributed by atoms with Crippen LogP contribution in [0.4, 0.5) is 0 Å². The second-order valence-corrected chi connectivity index (χ2v) is 8.46. The summed E-state index contributed by atoms with van der Waals surface area (Å²) in [6, 6.07) is 24.0. The van der Waals surface area contributed by atoms with Gasteiger partial charge in [-0.05, 0) is 41.5 Å². The third-order valence-corrected chi connectivity index (χ3v) is 6.36. The van der Waals surface area contributed by atoms with E-state index in [2.05, 4.69) is 36.4 Å². The molecule has 0 aromatic heterocycles. The van der Waals surface area contributed by atoms with Gasteiger partial charge in [0.25, 0.3) is 5.91 Å². The van der Waals surface area contributed by atoms with Crippen LogP contribution in [0.15, 0.2) is 72.8 Å². The van der Waals surface area contributed by atoms with Crippen LogP contribution in [-0.2, 0) is 11.2 Å². The molecule has 1 unspecified atom stereocenters. The molecule has 5 heteroatoms. The van der Waals surface area contributed by atoms with Crippen LogP contribution < -0.4 is 9.47 Å². The molecular weight excluding hydrogens is 402 g/mol. The Hall–Kier alpha value is -3.60. The van der Waals surface area contributed by atoms with Gasteiger partial charge in [-0.3, -0.25) is 9.59 Å². The molecule has 1 fully saturated rings. The molecule has 2 aliphatic heterocycles. The predicted octanol–water partition coefficient (Wildman–Crippen LogP) is 4.10. The number of carbonyl (C=O) groups is 2. The zero-order chi connectivity index (χ0) is 22.1. The smallest absolute Gasteiger partial charge is 0.253 e. The first-order valence-electron chi connectivity index (χ1n) is 10.9. The molecule has 1 atom stereocenters. The Labute approximate surface area is 187 Å². The van der Waals surface area contributed by atoms with Crippen molar-refractivity contribution in [3.63, 3.8) is 0 Å². The van der Waals surface area contributed by atoms with Gasteiger partial charge in [0.1, 0.15) is 18.1 Å². The van der Waals surface area contributed by atoms with E-state index in [4.69, 9.17) is 9.47 Å². The van der Waals surface area contributed by atoms with Crippen molar-refractivity contribution in [2.75, 3.05) is 26.8 Å². The van der Waals surface area contributed by atoms with Crippen molar-refractivity contribution in [2.45, 2.75) is 12.3 Å².